The highest BCUT2D eigenvalue weighted by molar-refractivity contribution is 5.89. The van der Waals surface area contributed by atoms with Crippen molar-refractivity contribution in [3.05, 3.63) is 30.3 Å². The number of carbonyl (C=O) groups is 1. The fraction of sp³-hybridized carbons (Fsp3) is 0.462. The van der Waals surface area contributed by atoms with Crippen molar-refractivity contribution in [2.75, 3.05) is 25.0 Å². The minimum atomic E-state index is -0.0485. The first-order valence-corrected chi connectivity index (χ1v) is 6.01. The Kier molecular flexibility index (Phi) is 3.98. The second-order valence-electron chi connectivity index (χ2n) is 4.41. The van der Waals surface area contributed by atoms with Crippen molar-refractivity contribution in [3.63, 3.8) is 0 Å². The van der Waals surface area contributed by atoms with E-state index in [1.807, 2.05) is 30.3 Å². The van der Waals surface area contributed by atoms with E-state index in [1.165, 1.54) is 0 Å². The third-order valence-corrected chi connectivity index (χ3v) is 3.19. The minimum absolute atomic E-state index is 0.0485. The molecule has 1 heterocycles. The maximum Gasteiger partial charge on any atom is 0.321 e. The van der Waals surface area contributed by atoms with Crippen molar-refractivity contribution in [2.24, 2.45) is 5.92 Å². The lowest BCUT2D eigenvalue weighted by Crippen LogP contribution is -2.41. The van der Waals surface area contributed by atoms with Crippen molar-refractivity contribution in [3.8, 4) is 0 Å². The number of rotatable bonds is 2. The smallest absolute Gasteiger partial charge is 0.321 e. The number of likely N-dealkylation sites (tertiary alicyclic amines) is 1. The Morgan fingerprint density at radius 3 is 2.53 bits per heavy atom. The van der Waals surface area contributed by atoms with E-state index in [1.54, 1.807) is 4.90 Å². The number of aliphatic hydroxyl groups excluding tert-OH is 1. The van der Waals surface area contributed by atoms with Gasteiger partial charge in [0.1, 0.15) is 0 Å². The highest BCUT2D eigenvalue weighted by Crippen LogP contribution is 2.17. The number of amides is 2. The molecule has 0 unspecified atom stereocenters. The van der Waals surface area contributed by atoms with Crippen LogP contribution in [0, 0.1) is 5.92 Å². The first-order chi connectivity index (χ1) is 8.29. The van der Waals surface area contributed by atoms with Gasteiger partial charge in [-0.3, -0.25) is 0 Å². The van der Waals surface area contributed by atoms with Gasteiger partial charge in [0.05, 0.1) is 0 Å². The van der Waals surface area contributed by atoms with Gasteiger partial charge in [-0.25, -0.2) is 4.79 Å². The van der Waals surface area contributed by atoms with E-state index in [2.05, 4.69) is 5.32 Å². The average molecular weight is 234 g/mol. The summed E-state index contributed by atoms with van der Waals surface area (Å²) in [5.41, 5.74) is 0.821. The molecule has 0 aliphatic carbocycles. The van der Waals surface area contributed by atoms with Crippen molar-refractivity contribution >= 4 is 11.7 Å². The Morgan fingerprint density at radius 1 is 1.29 bits per heavy atom. The maximum absolute atomic E-state index is 11.9. The molecule has 2 amide bonds. The molecule has 1 aliphatic heterocycles. The Hall–Kier alpha value is -1.55. The third-order valence-electron chi connectivity index (χ3n) is 3.19. The van der Waals surface area contributed by atoms with Crippen molar-refractivity contribution in [1.29, 1.82) is 0 Å². The highest BCUT2D eigenvalue weighted by atomic mass is 16.3. The van der Waals surface area contributed by atoms with E-state index in [0.29, 0.717) is 5.92 Å². The Bertz CT molecular complexity index is 359. The molecule has 2 N–H and O–H groups in total. The number of para-hydroxylation sites is 1. The van der Waals surface area contributed by atoms with E-state index in [9.17, 15) is 4.79 Å². The summed E-state index contributed by atoms with van der Waals surface area (Å²) in [6.07, 6.45) is 1.78. The fourth-order valence-electron chi connectivity index (χ4n) is 2.04. The second kappa shape index (κ2) is 5.68. The lowest BCUT2D eigenvalue weighted by Gasteiger charge is -2.31. The second-order valence-corrected chi connectivity index (χ2v) is 4.41. The first kappa shape index (κ1) is 11.9. The summed E-state index contributed by atoms with van der Waals surface area (Å²) in [4.78, 5) is 13.7. The van der Waals surface area contributed by atoms with Gasteiger partial charge in [0, 0.05) is 25.4 Å². The molecule has 0 radical (unpaired) electrons. The first-order valence-electron chi connectivity index (χ1n) is 6.01. The topological polar surface area (TPSA) is 52.6 Å². The standard InChI is InChI=1S/C13H18N2O2/c16-10-11-6-8-15(9-7-11)13(17)14-12-4-2-1-3-5-12/h1-5,11,16H,6-10H2,(H,14,17). The van der Waals surface area contributed by atoms with Crippen LogP contribution in [0.4, 0.5) is 10.5 Å². The molecule has 1 aliphatic rings. The van der Waals surface area contributed by atoms with Crippen LogP contribution in [-0.4, -0.2) is 35.7 Å². The number of benzene rings is 1. The van der Waals surface area contributed by atoms with Crippen LogP contribution in [0.3, 0.4) is 0 Å². The van der Waals surface area contributed by atoms with Gasteiger partial charge in [-0.05, 0) is 30.9 Å². The van der Waals surface area contributed by atoms with Crippen LogP contribution >= 0.6 is 0 Å². The van der Waals surface area contributed by atoms with Gasteiger partial charge < -0.3 is 15.3 Å². The zero-order valence-electron chi connectivity index (χ0n) is 9.80. The van der Waals surface area contributed by atoms with Crippen LogP contribution in [0.25, 0.3) is 0 Å². The molecule has 0 saturated carbocycles. The molecule has 0 atom stereocenters. The molecule has 1 saturated heterocycles. The lowest BCUT2D eigenvalue weighted by atomic mass is 9.98. The van der Waals surface area contributed by atoms with Crippen LogP contribution in [-0.2, 0) is 0 Å². The van der Waals surface area contributed by atoms with Gasteiger partial charge >= 0.3 is 6.03 Å². The number of piperidine rings is 1. The average Bonchev–Trinajstić information content (AvgIpc) is 2.40. The SMILES string of the molecule is O=C(Nc1ccccc1)N1CCC(CO)CC1. The quantitative estimate of drug-likeness (QED) is 0.821. The highest BCUT2D eigenvalue weighted by Gasteiger charge is 2.21. The monoisotopic (exact) mass is 234 g/mol. The number of aliphatic hydroxyl groups is 1. The Balaban J connectivity index is 1.85. The summed E-state index contributed by atoms with van der Waals surface area (Å²) in [7, 11) is 0. The zero-order chi connectivity index (χ0) is 12.1. The number of hydrogen-bond donors (Lipinski definition) is 2. The lowest BCUT2D eigenvalue weighted by molar-refractivity contribution is 0.143. The van der Waals surface area contributed by atoms with Gasteiger partial charge in [0.2, 0.25) is 0 Å². The van der Waals surface area contributed by atoms with E-state index < -0.39 is 0 Å². The number of nitrogens with one attached hydrogen (secondary N) is 1. The van der Waals surface area contributed by atoms with E-state index >= 15 is 0 Å². The predicted octanol–water partition coefficient (Wildman–Crippen LogP) is 1.92. The number of carbonyl (C=O) groups excluding carboxylic acids is 1. The van der Waals surface area contributed by atoms with Crippen LogP contribution in [0.15, 0.2) is 30.3 Å². The van der Waals surface area contributed by atoms with Crippen LogP contribution < -0.4 is 5.32 Å². The van der Waals surface area contributed by atoms with Crippen LogP contribution in [0.5, 0.6) is 0 Å². The predicted molar refractivity (Wildman–Crippen MR) is 66.8 cm³/mol. The molecule has 0 bridgehead atoms. The van der Waals surface area contributed by atoms with E-state index in [4.69, 9.17) is 5.11 Å². The molecule has 0 spiro atoms. The molecular weight excluding hydrogens is 216 g/mol. The summed E-state index contributed by atoms with van der Waals surface area (Å²) >= 11 is 0. The summed E-state index contributed by atoms with van der Waals surface area (Å²) in [5.74, 6) is 0.357. The number of anilines is 1. The fourth-order valence-corrected chi connectivity index (χ4v) is 2.04. The van der Waals surface area contributed by atoms with Crippen LogP contribution in [0.2, 0.25) is 0 Å². The molecule has 92 valence electrons. The molecule has 1 aromatic rings. The maximum atomic E-state index is 11.9. The minimum Gasteiger partial charge on any atom is -0.396 e. The molecule has 2 rings (SSSR count). The molecule has 17 heavy (non-hydrogen) atoms. The molecule has 4 heteroatoms. The number of urea groups is 1. The molecule has 1 fully saturated rings. The Labute approximate surface area is 101 Å². The Morgan fingerprint density at radius 2 is 1.94 bits per heavy atom. The van der Waals surface area contributed by atoms with Gasteiger partial charge in [0.25, 0.3) is 0 Å². The summed E-state index contributed by atoms with van der Waals surface area (Å²) < 4.78 is 0. The van der Waals surface area contributed by atoms with E-state index in [0.717, 1.165) is 31.6 Å². The summed E-state index contributed by atoms with van der Waals surface area (Å²) in [5, 5.41) is 11.9. The summed E-state index contributed by atoms with van der Waals surface area (Å²) in [6, 6.07) is 9.41. The molecular formula is C13H18N2O2. The van der Waals surface area contributed by atoms with E-state index in [-0.39, 0.29) is 12.6 Å². The number of hydrogen-bond acceptors (Lipinski definition) is 2. The molecule has 0 aromatic heterocycles. The van der Waals surface area contributed by atoms with Crippen molar-refractivity contribution < 1.29 is 9.90 Å². The third kappa shape index (κ3) is 3.20. The normalized spacial score (nSPS) is 16.9. The van der Waals surface area contributed by atoms with Crippen molar-refractivity contribution in [1.82, 2.24) is 4.90 Å². The van der Waals surface area contributed by atoms with Gasteiger partial charge in [-0.1, -0.05) is 18.2 Å². The zero-order valence-corrected chi connectivity index (χ0v) is 9.80. The van der Waals surface area contributed by atoms with Gasteiger partial charge in [0.15, 0.2) is 0 Å². The van der Waals surface area contributed by atoms with Gasteiger partial charge in [-0.15, -0.1) is 0 Å². The van der Waals surface area contributed by atoms with Gasteiger partial charge in [-0.2, -0.15) is 0 Å². The van der Waals surface area contributed by atoms with Crippen molar-refractivity contribution in [2.45, 2.75) is 12.8 Å². The summed E-state index contributed by atoms with van der Waals surface area (Å²) in [6.45, 7) is 1.68. The van der Waals surface area contributed by atoms with Crippen LogP contribution in [0.1, 0.15) is 12.8 Å². The molecule has 4 nitrogen and oxygen atoms in total. The largest absolute Gasteiger partial charge is 0.396 e. The molecule has 1 aromatic carbocycles. The number of nitrogens with zero attached hydrogens (tertiary/aromatic N) is 1.